The molecule has 0 fully saturated rings. The predicted molar refractivity (Wildman–Crippen MR) is 104 cm³/mol. The highest BCUT2D eigenvalue weighted by Gasteiger charge is 2.18. The molecule has 2 aromatic carbocycles. The highest BCUT2D eigenvalue weighted by atomic mass is 32.2. The number of H-pyrrole nitrogens is 1. The van der Waals surface area contributed by atoms with Crippen molar-refractivity contribution >= 4 is 32.5 Å². The Morgan fingerprint density at radius 2 is 1.89 bits per heavy atom. The Balaban J connectivity index is 1.62. The number of nitrogens with zero attached hydrogens (tertiary/aromatic N) is 1. The summed E-state index contributed by atoms with van der Waals surface area (Å²) in [5, 5.41) is 14.3. The van der Waals surface area contributed by atoms with Crippen LogP contribution in [0.4, 0.5) is 5.69 Å². The Kier molecular flexibility index (Phi) is 5.43. The molecule has 0 spiro atoms. The zero-order valence-corrected chi connectivity index (χ0v) is 15.7. The summed E-state index contributed by atoms with van der Waals surface area (Å²) in [7, 11) is -3.92. The number of hydrogen-bond acceptors (Lipinski definition) is 5. The fourth-order valence-corrected chi connectivity index (χ4v) is 3.94. The van der Waals surface area contributed by atoms with Gasteiger partial charge < -0.3 is 10.3 Å². The summed E-state index contributed by atoms with van der Waals surface area (Å²) in [6.45, 7) is 1.80. The molecule has 0 bridgehead atoms. The molecule has 0 saturated heterocycles. The predicted octanol–water partition coefficient (Wildman–Crippen LogP) is 2.09. The Morgan fingerprint density at radius 3 is 2.64 bits per heavy atom. The van der Waals surface area contributed by atoms with Crippen molar-refractivity contribution < 1.29 is 18.1 Å². The minimum Gasteiger partial charge on any atom is -0.358 e. The fraction of sp³-hybridized carbons (Fsp3) is 0.167. The van der Waals surface area contributed by atoms with Crippen LogP contribution >= 0.6 is 0 Å². The van der Waals surface area contributed by atoms with Gasteiger partial charge in [0.1, 0.15) is 0 Å². The van der Waals surface area contributed by atoms with Crippen molar-refractivity contribution in [1.82, 2.24) is 15.0 Å². The summed E-state index contributed by atoms with van der Waals surface area (Å²) in [4.78, 5) is 25.5. The first kappa shape index (κ1) is 19.5. The van der Waals surface area contributed by atoms with Crippen molar-refractivity contribution in [2.45, 2.75) is 11.8 Å². The van der Waals surface area contributed by atoms with E-state index in [2.05, 4.69) is 15.0 Å². The van der Waals surface area contributed by atoms with Crippen LogP contribution in [0.1, 0.15) is 16.1 Å². The normalized spacial score (nSPS) is 11.5. The molecule has 146 valence electrons. The van der Waals surface area contributed by atoms with Crippen LogP contribution in [0.15, 0.2) is 53.4 Å². The topological polar surface area (TPSA) is 134 Å². The lowest BCUT2D eigenvalue weighted by atomic mass is 10.1. The van der Waals surface area contributed by atoms with E-state index in [9.17, 15) is 23.3 Å². The van der Waals surface area contributed by atoms with Gasteiger partial charge in [-0.1, -0.05) is 24.3 Å². The van der Waals surface area contributed by atoms with Crippen molar-refractivity contribution in [2.75, 3.05) is 13.1 Å². The van der Waals surface area contributed by atoms with E-state index in [0.29, 0.717) is 5.56 Å². The second-order valence-corrected chi connectivity index (χ2v) is 7.85. The zero-order chi connectivity index (χ0) is 20.3. The van der Waals surface area contributed by atoms with Gasteiger partial charge in [-0.2, -0.15) is 0 Å². The number of nitrogens with one attached hydrogen (secondary N) is 3. The number of fused-ring (bicyclic) bond motifs is 1. The van der Waals surface area contributed by atoms with Crippen molar-refractivity contribution in [3.05, 3.63) is 69.9 Å². The van der Waals surface area contributed by atoms with Crippen molar-refractivity contribution in [1.29, 1.82) is 0 Å². The number of sulfonamides is 1. The van der Waals surface area contributed by atoms with E-state index < -0.39 is 14.9 Å². The highest BCUT2D eigenvalue weighted by Crippen LogP contribution is 2.21. The molecule has 1 aromatic heterocycles. The summed E-state index contributed by atoms with van der Waals surface area (Å²) < 4.78 is 26.8. The summed E-state index contributed by atoms with van der Waals surface area (Å²) >= 11 is 0. The standard InChI is InChI=1S/C18H18N4O5S/c1-12-17(15-7-2-3-8-16(15)21-12)18(23)19-9-10-20-28(26,27)14-6-4-5-13(11-14)22(24)25/h2-8,11,20-21H,9-10H2,1H3,(H,19,23). The number of para-hydroxylation sites is 1. The van der Waals surface area contributed by atoms with Gasteiger partial charge in [0.15, 0.2) is 0 Å². The first-order chi connectivity index (χ1) is 13.3. The van der Waals surface area contributed by atoms with Crippen LogP contribution in [-0.4, -0.2) is 37.3 Å². The number of amides is 1. The van der Waals surface area contributed by atoms with Gasteiger partial charge in [0, 0.05) is 41.8 Å². The number of carbonyl (C=O) groups is 1. The second kappa shape index (κ2) is 7.79. The summed E-state index contributed by atoms with van der Waals surface area (Å²) in [6.07, 6.45) is 0. The Morgan fingerprint density at radius 1 is 1.14 bits per heavy atom. The number of aromatic nitrogens is 1. The highest BCUT2D eigenvalue weighted by molar-refractivity contribution is 7.89. The average molecular weight is 402 g/mol. The lowest BCUT2D eigenvalue weighted by molar-refractivity contribution is -0.385. The largest absolute Gasteiger partial charge is 0.358 e. The van der Waals surface area contributed by atoms with Crippen LogP contribution in [0, 0.1) is 17.0 Å². The van der Waals surface area contributed by atoms with Crippen LogP contribution in [0.5, 0.6) is 0 Å². The van der Waals surface area contributed by atoms with E-state index in [-0.39, 0.29) is 29.6 Å². The number of rotatable bonds is 7. The quantitative estimate of drug-likeness (QED) is 0.316. The summed E-state index contributed by atoms with van der Waals surface area (Å²) in [5.74, 6) is -0.315. The van der Waals surface area contributed by atoms with E-state index in [1.165, 1.54) is 18.2 Å². The molecule has 3 N–H and O–H groups in total. The number of hydrogen-bond donors (Lipinski definition) is 3. The SMILES string of the molecule is Cc1[nH]c2ccccc2c1C(=O)NCCNS(=O)(=O)c1cccc([N+](=O)[O-])c1. The Hall–Kier alpha value is -3.24. The molecule has 3 aromatic rings. The number of benzene rings is 2. The molecule has 0 aliphatic heterocycles. The Bertz CT molecular complexity index is 1150. The van der Waals surface area contributed by atoms with Gasteiger partial charge in [-0.15, -0.1) is 0 Å². The first-order valence-corrected chi connectivity index (χ1v) is 9.87. The van der Waals surface area contributed by atoms with E-state index in [0.717, 1.165) is 22.7 Å². The lowest BCUT2D eigenvalue weighted by Crippen LogP contribution is -2.34. The molecule has 10 heteroatoms. The maximum Gasteiger partial charge on any atom is 0.270 e. The third-order valence-electron chi connectivity index (χ3n) is 4.16. The molecule has 0 radical (unpaired) electrons. The van der Waals surface area contributed by atoms with E-state index >= 15 is 0 Å². The van der Waals surface area contributed by atoms with Gasteiger partial charge in [0.25, 0.3) is 11.6 Å². The van der Waals surface area contributed by atoms with Crippen molar-refractivity contribution in [3.63, 3.8) is 0 Å². The van der Waals surface area contributed by atoms with Crippen LogP contribution in [-0.2, 0) is 10.0 Å². The molecule has 3 rings (SSSR count). The van der Waals surface area contributed by atoms with Crippen LogP contribution in [0.3, 0.4) is 0 Å². The van der Waals surface area contributed by atoms with Gasteiger partial charge in [-0.25, -0.2) is 13.1 Å². The maximum absolute atomic E-state index is 12.5. The molecule has 0 atom stereocenters. The van der Waals surface area contributed by atoms with Gasteiger partial charge in [0.2, 0.25) is 10.0 Å². The first-order valence-electron chi connectivity index (χ1n) is 8.39. The average Bonchev–Trinajstić information content (AvgIpc) is 3.01. The van der Waals surface area contributed by atoms with E-state index in [1.54, 1.807) is 6.92 Å². The van der Waals surface area contributed by atoms with Gasteiger partial charge in [-0.05, 0) is 19.1 Å². The van der Waals surface area contributed by atoms with E-state index in [1.807, 2.05) is 24.3 Å². The maximum atomic E-state index is 12.5. The van der Waals surface area contributed by atoms with Crippen LogP contribution in [0.25, 0.3) is 10.9 Å². The van der Waals surface area contributed by atoms with Crippen molar-refractivity contribution in [3.8, 4) is 0 Å². The van der Waals surface area contributed by atoms with Gasteiger partial charge >= 0.3 is 0 Å². The third kappa shape index (κ3) is 4.02. The molecule has 0 aliphatic carbocycles. The number of aromatic amines is 1. The number of non-ortho nitro benzene ring substituents is 1. The van der Waals surface area contributed by atoms with Gasteiger partial charge in [0.05, 0.1) is 15.4 Å². The molecule has 0 saturated carbocycles. The zero-order valence-electron chi connectivity index (χ0n) is 14.9. The molecule has 1 amide bonds. The number of aryl methyl sites for hydroxylation is 1. The molecule has 0 unspecified atom stereocenters. The fourth-order valence-electron chi connectivity index (χ4n) is 2.87. The molecule has 0 aliphatic rings. The second-order valence-electron chi connectivity index (χ2n) is 6.08. The number of nitro benzene ring substituents is 1. The molecular weight excluding hydrogens is 384 g/mol. The van der Waals surface area contributed by atoms with Crippen molar-refractivity contribution in [2.24, 2.45) is 0 Å². The molecular formula is C18H18N4O5S. The van der Waals surface area contributed by atoms with Crippen LogP contribution < -0.4 is 10.0 Å². The minimum atomic E-state index is -3.92. The summed E-state index contributed by atoms with van der Waals surface area (Å²) in [5.41, 5.74) is 1.76. The van der Waals surface area contributed by atoms with Gasteiger partial charge in [-0.3, -0.25) is 14.9 Å². The summed E-state index contributed by atoms with van der Waals surface area (Å²) in [6, 6.07) is 12.2. The number of carbonyl (C=O) groups excluding carboxylic acids is 1. The number of nitro groups is 1. The third-order valence-corrected chi connectivity index (χ3v) is 5.62. The van der Waals surface area contributed by atoms with E-state index in [4.69, 9.17) is 0 Å². The lowest BCUT2D eigenvalue weighted by Gasteiger charge is -2.08. The molecule has 28 heavy (non-hydrogen) atoms. The molecule has 9 nitrogen and oxygen atoms in total. The van der Waals surface area contributed by atoms with Crippen LogP contribution in [0.2, 0.25) is 0 Å². The Labute approximate surface area is 161 Å². The molecule has 1 heterocycles. The monoisotopic (exact) mass is 402 g/mol. The minimum absolute atomic E-state index is 0.0574. The smallest absolute Gasteiger partial charge is 0.270 e.